The molecule has 0 atom stereocenters. The van der Waals surface area contributed by atoms with Gasteiger partial charge in [0.1, 0.15) is 11.8 Å². The lowest BCUT2D eigenvalue weighted by molar-refractivity contribution is 0.338. The van der Waals surface area contributed by atoms with Gasteiger partial charge in [0.05, 0.1) is 16.3 Å². The van der Waals surface area contributed by atoms with E-state index in [-0.39, 0.29) is 5.75 Å². The quantitative estimate of drug-likeness (QED) is 0.225. The maximum atomic E-state index is 12.0. The molecular formula is C22H24Cl2N2O3S. The summed E-state index contributed by atoms with van der Waals surface area (Å²) in [5.41, 5.74) is 1.89. The predicted molar refractivity (Wildman–Crippen MR) is 123 cm³/mol. The first-order valence-corrected chi connectivity index (χ1v) is 12.1. The average molecular weight is 467 g/mol. The van der Waals surface area contributed by atoms with Gasteiger partial charge in [-0.1, -0.05) is 85.6 Å². The summed E-state index contributed by atoms with van der Waals surface area (Å²) in [6.07, 6.45) is 12.4. The van der Waals surface area contributed by atoms with E-state index >= 15 is 0 Å². The lowest BCUT2D eigenvalue weighted by Gasteiger charge is -2.09. The molecule has 0 bridgehead atoms. The lowest BCUT2D eigenvalue weighted by atomic mass is 9.97. The molecule has 1 aromatic carbocycles. The molecule has 30 heavy (non-hydrogen) atoms. The Kier molecular flexibility index (Phi) is 9.64. The second-order valence-corrected chi connectivity index (χ2v) is 9.37. The monoisotopic (exact) mass is 466 g/mol. The zero-order chi connectivity index (χ0) is 22.0. The molecule has 160 valence electrons. The number of hydrogen-bond donors (Lipinski definition) is 0. The van der Waals surface area contributed by atoms with Gasteiger partial charge >= 0.3 is 10.1 Å². The van der Waals surface area contributed by atoms with Crippen LogP contribution in [0.4, 0.5) is 0 Å². The number of allylic oxidation sites excluding steroid dienone is 6. The number of oxime groups is 1. The second kappa shape index (κ2) is 11.9. The summed E-state index contributed by atoms with van der Waals surface area (Å²) in [6.45, 7) is 2.14. The number of halogens is 2. The number of nitriles is 1. The van der Waals surface area contributed by atoms with E-state index in [1.54, 1.807) is 42.5 Å². The van der Waals surface area contributed by atoms with Gasteiger partial charge in [-0.25, -0.2) is 0 Å². The van der Waals surface area contributed by atoms with E-state index < -0.39 is 10.1 Å². The summed E-state index contributed by atoms with van der Waals surface area (Å²) in [7, 11) is -3.71. The fraction of sp³-hybridized carbons (Fsp3) is 0.364. The Hall–Kier alpha value is -2.07. The molecule has 1 aliphatic rings. The Bertz CT molecular complexity index is 1000. The van der Waals surface area contributed by atoms with Gasteiger partial charge in [0.25, 0.3) is 0 Å². The summed E-state index contributed by atoms with van der Waals surface area (Å²) >= 11 is 12.1. The van der Waals surface area contributed by atoms with Gasteiger partial charge in [-0.15, -0.1) is 0 Å². The van der Waals surface area contributed by atoms with E-state index in [0.29, 0.717) is 38.9 Å². The highest BCUT2D eigenvalue weighted by atomic mass is 35.5. The summed E-state index contributed by atoms with van der Waals surface area (Å²) in [6, 6.07) is 7.05. The largest absolute Gasteiger partial charge is 0.328 e. The highest BCUT2D eigenvalue weighted by Crippen LogP contribution is 2.30. The normalized spacial score (nSPS) is 13.3. The van der Waals surface area contributed by atoms with Crippen LogP contribution in [-0.4, -0.2) is 19.9 Å². The van der Waals surface area contributed by atoms with E-state index in [0.717, 1.165) is 25.7 Å². The van der Waals surface area contributed by atoms with Gasteiger partial charge in [0.2, 0.25) is 0 Å². The zero-order valence-corrected chi connectivity index (χ0v) is 19.1. The van der Waals surface area contributed by atoms with Crippen LogP contribution in [-0.2, 0) is 14.4 Å². The van der Waals surface area contributed by atoms with E-state index in [2.05, 4.69) is 18.1 Å². The van der Waals surface area contributed by atoms with Crippen molar-refractivity contribution in [1.29, 1.82) is 5.26 Å². The fourth-order valence-electron chi connectivity index (χ4n) is 2.86. The van der Waals surface area contributed by atoms with Crippen molar-refractivity contribution in [3.63, 3.8) is 0 Å². The van der Waals surface area contributed by atoms with Gasteiger partial charge in [0, 0.05) is 10.6 Å². The fourth-order valence-corrected chi connectivity index (χ4v) is 4.19. The Balaban J connectivity index is 1.99. The summed E-state index contributed by atoms with van der Waals surface area (Å²) in [5, 5.41) is 14.1. The molecule has 8 heteroatoms. The van der Waals surface area contributed by atoms with Crippen LogP contribution in [0.15, 0.2) is 53.2 Å². The Morgan fingerprint density at radius 2 is 1.73 bits per heavy atom. The SMILES string of the molecule is CCCCCCCCS(=O)(=O)ON=C1C=CC(=C(C#N)c2ccc(Cl)cc2Cl)C=C1. The first-order valence-electron chi connectivity index (χ1n) is 9.81. The van der Waals surface area contributed by atoms with E-state index in [4.69, 9.17) is 27.5 Å². The van der Waals surface area contributed by atoms with Crippen molar-refractivity contribution in [2.24, 2.45) is 5.16 Å². The third kappa shape index (κ3) is 7.64. The topological polar surface area (TPSA) is 79.5 Å². The van der Waals surface area contributed by atoms with Crippen LogP contribution in [0.1, 0.15) is 51.0 Å². The third-order valence-corrected chi connectivity index (χ3v) is 6.11. The van der Waals surface area contributed by atoms with Gasteiger partial charge in [-0.05, 0) is 36.3 Å². The van der Waals surface area contributed by atoms with Gasteiger partial charge in [-0.2, -0.15) is 13.7 Å². The molecule has 1 aliphatic carbocycles. The Labute approximate surface area is 188 Å². The molecule has 2 rings (SSSR count). The van der Waals surface area contributed by atoms with Crippen molar-refractivity contribution >= 4 is 44.6 Å². The van der Waals surface area contributed by atoms with Crippen molar-refractivity contribution < 1.29 is 12.7 Å². The number of unbranched alkanes of at least 4 members (excludes halogenated alkanes) is 5. The lowest BCUT2D eigenvalue weighted by Crippen LogP contribution is -2.09. The van der Waals surface area contributed by atoms with Gasteiger partial charge in [0.15, 0.2) is 0 Å². The maximum absolute atomic E-state index is 12.0. The molecule has 0 aromatic heterocycles. The van der Waals surface area contributed by atoms with Crippen molar-refractivity contribution in [3.8, 4) is 6.07 Å². The van der Waals surface area contributed by atoms with Crippen LogP contribution in [0.3, 0.4) is 0 Å². The van der Waals surface area contributed by atoms with E-state index in [1.807, 2.05) is 0 Å². The molecule has 0 aliphatic heterocycles. The third-order valence-electron chi connectivity index (χ3n) is 4.47. The number of benzene rings is 1. The molecule has 0 saturated heterocycles. The average Bonchev–Trinajstić information content (AvgIpc) is 2.72. The first kappa shape index (κ1) is 24.2. The van der Waals surface area contributed by atoms with Crippen LogP contribution >= 0.6 is 23.2 Å². The molecule has 0 N–H and O–H groups in total. The number of rotatable bonds is 10. The molecule has 0 spiro atoms. The van der Waals surface area contributed by atoms with Crippen LogP contribution in [0.25, 0.3) is 5.57 Å². The molecule has 0 saturated carbocycles. The molecule has 5 nitrogen and oxygen atoms in total. The minimum absolute atomic E-state index is 0.0534. The van der Waals surface area contributed by atoms with Crippen molar-refractivity contribution in [1.82, 2.24) is 0 Å². The minimum atomic E-state index is -3.71. The van der Waals surface area contributed by atoms with Crippen LogP contribution < -0.4 is 0 Å². The van der Waals surface area contributed by atoms with Crippen molar-refractivity contribution in [3.05, 3.63) is 63.7 Å². The highest BCUT2D eigenvalue weighted by Gasteiger charge is 2.14. The molecule has 1 aromatic rings. The number of nitrogens with zero attached hydrogens (tertiary/aromatic N) is 2. The molecular weight excluding hydrogens is 443 g/mol. The smallest absolute Gasteiger partial charge is 0.268 e. The Morgan fingerprint density at radius 1 is 1.07 bits per heavy atom. The molecule has 0 fully saturated rings. The summed E-state index contributed by atoms with van der Waals surface area (Å²) in [4.78, 5) is 0. The first-order chi connectivity index (χ1) is 14.4. The molecule has 0 heterocycles. The minimum Gasteiger partial charge on any atom is -0.268 e. The maximum Gasteiger partial charge on any atom is 0.328 e. The second-order valence-electron chi connectivity index (χ2n) is 6.85. The van der Waals surface area contributed by atoms with Crippen molar-refractivity contribution in [2.75, 3.05) is 5.75 Å². The highest BCUT2D eigenvalue weighted by molar-refractivity contribution is 7.86. The Morgan fingerprint density at radius 3 is 2.37 bits per heavy atom. The molecule has 0 amide bonds. The van der Waals surface area contributed by atoms with Gasteiger partial charge < -0.3 is 0 Å². The zero-order valence-electron chi connectivity index (χ0n) is 16.8. The summed E-state index contributed by atoms with van der Waals surface area (Å²) < 4.78 is 28.7. The van der Waals surface area contributed by atoms with E-state index in [1.165, 1.54) is 6.42 Å². The van der Waals surface area contributed by atoms with Crippen molar-refractivity contribution in [2.45, 2.75) is 45.4 Å². The summed E-state index contributed by atoms with van der Waals surface area (Å²) in [5.74, 6) is -0.0534. The standard InChI is InChI=1S/C22H24Cl2N2O3S/c1-2-3-4-5-6-7-14-30(27,28)29-26-19-11-8-17(9-12-19)21(16-25)20-13-10-18(23)15-22(20)24/h8-13,15H,2-7,14H2,1H3. The van der Waals surface area contributed by atoms with Crippen LogP contribution in [0.5, 0.6) is 0 Å². The van der Waals surface area contributed by atoms with Crippen LogP contribution in [0.2, 0.25) is 10.0 Å². The number of hydrogen-bond acceptors (Lipinski definition) is 5. The van der Waals surface area contributed by atoms with Gasteiger partial charge in [-0.3, -0.25) is 4.28 Å². The van der Waals surface area contributed by atoms with E-state index in [9.17, 15) is 13.7 Å². The van der Waals surface area contributed by atoms with Crippen LogP contribution in [0, 0.1) is 11.3 Å². The predicted octanol–water partition coefficient (Wildman–Crippen LogP) is 6.46. The molecule has 0 radical (unpaired) electrons. The molecule has 0 unspecified atom stereocenters.